The largest absolute Gasteiger partial charge is 0.417 e. The van der Waals surface area contributed by atoms with Gasteiger partial charge in [-0.05, 0) is 86.6 Å². The van der Waals surface area contributed by atoms with Gasteiger partial charge < -0.3 is 14.3 Å². The van der Waals surface area contributed by atoms with Crippen LogP contribution >= 0.6 is 0 Å². The molecule has 248 valence electrons. The van der Waals surface area contributed by atoms with Crippen molar-refractivity contribution < 1.29 is 35.7 Å². The van der Waals surface area contributed by atoms with Crippen LogP contribution < -0.4 is 4.90 Å². The molecule has 47 heavy (non-hydrogen) atoms. The van der Waals surface area contributed by atoms with Gasteiger partial charge in [0.25, 0.3) is 5.91 Å². The lowest BCUT2D eigenvalue weighted by Crippen LogP contribution is -2.47. The molecular weight excluding hydrogens is 622 g/mol. The Bertz CT molecular complexity index is 1830. The Balaban J connectivity index is 1.06. The third kappa shape index (κ3) is 5.95. The summed E-state index contributed by atoms with van der Waals surface area (Å²) in [4.78, 5) is 19.9. The van der Waals surface area contributed by atoms with Crippen LogP contribution in [0.3, 0.4) is 0 Å². The number of aromatic nitrogens is 2. The highest BCUT2D eigenvalue weighted by molar-refractivity contribution is 5.96. The summed E-state index contributed by atoms with van der Waals surface area (Å²) in [6.45, 7) is 1.35. The Hall–Kier alpha value is -4.09. The number of fused-ring (bicyclic) bond motifs is 1. The molecule has 4 aromatic rings. The van der Waals surface area contributed by atoms with Gasteiger partial charge in [0.05, 0.1) is 16.6 Å². The van der Waals surface area contributed by atoms with Gasteiger partial charge in [-0.1, -0.05) is 23.4 Å². The van der Waals surface area contributed by atoms with Crippen LogP contribution in [0, 0.1) is 11.3 Å². The van der Waals surface area contributed by atoms with Gasteiger partial charge in [0.15, 0.2) is 0 Å². The molecule has 2 saturated carbocycles. The first-order valence-electron chi connectivity index (χ1n) is 15.9. The number of rotatable bonds is 6. The first-order valence-corrected chi connectivity index (χ1v) is 15.9. The average molecular weight is 657 g/mol. The first kappa shape index (κ1) is 31.5. The minimum atomic E-state index is -4.66. The molecule has 3 heterocycles. The van der Waals surface area contributed by atoms with Crippen molar-refractivity contribution in [3.8, 4) is 11.3 Å². The van der Waals surface area contributed by atoms with Crippen molar-refractivity contribution in [2.24, 2.45) is 11.3 Å². The van der Waals surface area contributed by atoms with Crippen molar-refractivity contribution >= 4 is 22.5 Å². The smallest absolute Gasteiger partial charge is 0.371 e. The van der Waals surface area contributed by atoms with Crippen molar-refractivity contribution in [3.05, 3.63) is 76.7 Å². The molecule has 3 aliphatic rings. The van der Waals surface area contributed by atoms with Gasteiger partial charge in [0.1, 0.15) is 17.1 Å². The molecule has 0 atom stereocenters. The standard InChI is InChI=1S/C35H34F6N4O2/c1-44(2)32(46)29-17-27(35(39,40)41)24-16-22(9-10-28(24)42-29)45-13-11-33(12-14-45)18-20(19-33)15-25-30(43-47-31(25)21-7-8-21)23-5-3-4-6-26(23)34(36,37)38/h3-6,9-10,16-17,20-21H,7-8,11-15,18-19H2,1-2H3. The summed E-state index contributed by atoms with van der Waals surface area (Å²) >= 11 is 0. The molecule has 2 aromatic heterocycles. The zero-order valence-electron chi connectivity index (χ0n) is 26.0. The number of hydrogen-bond donors (Lipinski definition) is 0. The molecule has 1 saturated heterocycles. The highest BCUT2D eigenvalue weighted by Crippen LogP contribution is 2.55. The molecule has 3 fully saturated rings. The van der Waals surface area contributed by atoms with Gasteiger partial charge in [-0.15, -0.1) is 0 Å². The normalized spacial score (nSPS) is 18.5. The minimum absolute atomic E-state index is 0.0441. The van der Waals surface area contributed by atoms with E-state index in [1.807, 2.05) is 0 Å². The summed E-state index contributed by atoms with van der Waals surface area (Å²) in [5.41, 5.74) is 0.153. The quantitative estimate of drug-likeness (QED) is 0.194. The number of carbonyl (C=O) groups is 1. The van der Waals surface area contributed by atoms with E-state index >= 15 is 0 Å². The molecule has 1 amide bonds. The van der Waals surface area contributed by atoms with Crippen molar-refractivity contribution in [1.29, 1.82) is 0 Å². The Labute approximate surface area is 267 Å². The minimum Gasteiger partial charge on any atom is -0.371 e. The van der Waals surface area contributed by atoms with E-state index in [0.29, 0.717) is 25.2 Å². The first-order chi connectivity index (χ1) is 22.2. The fraction of sp³-hybridized carbons (Fsp3) is 0.457. The van der Waals surface area contributed by atoms with Gasteiger partial charge in [-0.2, -0.15) is 26.3 Å². The lowest BCUT2D eigenvalue weighted by Gasteiger charge is -2.53. The Morgan fingerprint density at radius 2 is 1.64 bits per heavy atom. The molecule has 12 heteroatoms. The fourth-order valence-corrected chi connectivity index (χ4v) is 7.56. The predicted octanol–water partition coefficient (Wildman–Crippen LogP) is 8.75. The van der Waals surface area contributed by atoms with E-state index in [0.717, 1.165) is 62.0 Å². The van der Waals surface area contributed by atoms with Gasteiger partial charge in [0.2, 0.25) is 0 Å². The van der Waals surface area contributed by atoms with E-state index in [1.165, 1.54) is 37.2 Å². The molecule has 2 aromatic carbocycles. The molecule has 6 nitrogen and oxygen atoms in total. The third-order valence-electron chi connectivity index (χ3n) is 10.1. The number of anilines is 1. The fourth-order valence-electron chi connectivity index (χ4n) is 7.56. The average Bonchev–Trinajstić information content (AvgIpc) is 3.78. The number of benzene rings is 2. The molecule has 0 unspecified atom stereocenters. The van der Waals surface area contributed by atoms with Crippen LogP contribution in [0.25, 0.3) is 22.2 Å². The second kappa shape index (κ2) is 11.3. The Kier molecular flexibility index (Phi) is 7.55. The zero-order valence-corrected chi connectivity index (χ0v) is 26.0. The number of piperidine rings is 1. The van der Waals surface area contributed by atoms with E-state index in [4.69, 9.17) is 4.52 Å². The maximum atomic E-state index is 14.1. The van der Waals surface area contributed by atoms with Crippen LogP contribution in [0.5, 0.6) is 0 Å². The van der Waals surface area contributed by atoms with Crippen molar-refractivity contribution in [1.82, 2.24) is 15.0 Å². The van der Waals surface area contributed by atoms with Crippen LogP contribution in [-0.2, 0) is 18.8 Å². The second-order valence-corrected chi connectivity index (χ2v) is 13.6. The summed E-state index contributed by atoms with van der Waals surface area (Å²) in [5, 5.41) is 4.13. The summed E-state index contributed by atoms with van der Waals surface area (Å²) in [5.74, 6) is 0.610. The van der Waals surface area contributed by atoms with Gasteiger partial charge in [0, 0.05) is 55.3 Å². The Morgan fingerprint density at radius 3 is 2.28 bits per heavy atom. The van der Waals surface area contributed by atoms with E-state index in [2.05, 4.69) is 15.0 Å². The van der Waals surface area contributed by atoms with Crippen LogP contribution in [0.2, 0.25) is 0 Å². The van der Waals surface area contributed by atoms with Gasteiger partial charge in [-0.25, -0.2) is 4.98 Å². The Morgan fingerprint density at radius 1 is 0.957 bits per heavy atom. The molecule has 0 N–H and O–H groups in total. The number of halogens is 6. The zero-order chi connectivity index (χ0) is 33.3. The van der Waals surface area contributed by atoms with E-state index in [9.17, 15) is 31.1 Å². The van der Waals surface area contributed by atoms with Crippen molar-refractivity contribution in [3.63, 3.8) is 0 Å². The molecular formula is C35H34F6N4O2. The highest BCUT2D eigenvalue weighted by Gasteiger charge is 2.47. The molecule has 7 rings (SSSR count). The molecule has 1 spiro atoms. The van der Waals surface area contributed by atoms with E-state index < -0.39 is 29.4 Å². The number of alkyl halides is 6. The van der Waals surface area contributed by atoms with Crippen LogP contribution in [-0.4, -0.2) is 48.1 Å². The summed E-state index contributed by atoms with van der Waals surface area (Å²) in [6.07, 6.45) is -3.08. The summed E-state index contributed by atoms with van der Waals surface area (Å²) in [7, 11) is 2.93. The van der Waals surface area contributed by atoms with E-state index in [-0.39, 0.29) is 45.1 Å². The SMILES string of the molecule is CN(C)C(=O)c1cc(C(F)(F)F)c2cc(N3CCC4(CC3)CC(Cc3c(-c5ccccc5C(F)(F)F)noc3C3CC3)C4)ccc2n1. The summed E-state index contributed by atoms with van der Waals surface area (Å²) < 4.78 is 89.6. The van der Waals surface area contributed by atoms with Crippen molar-refractivity contribution in [2.45, 2.75) is 63.2 Å². The third-order valence-corrected chi connectivity index (χ3v) is 10.1. The predicted molar refractivity (Wildman–Crippen MR) is 164 cm³/mol. The summed E-state index contributed by atoms with van der Waals surface area (Å²) in [6, 6.07) is 11.1. The van der Waals surface area contributed by atoms with Crippen LogP contribution in [0.1, 0.15) is 77.4 Å². The van der Waals surface area contributed by atoms with E-state index in [1.54, 1.807) is 18.2 Å². The maximum absolute atomic E-state index is 14.1. The van der Waals surface area contributed by atoms with Crippen LogP contribution in [0.4, 0.5) is 32.0 Å². The number of pyridine rings is 1. The number of nitrogens with zero attached hydrogens (tertiary/aromatic N) is 4. The van der Waals surface area contributed by atoms with Gasteiger partial charge in [-0.3, -0.25) is 4.79 Å². The lowest BCUT2D eigenvalue weighted by atomic mass is 9.56. The second-order valence-electron chi connectivity index (χ2n) is 13.6. The number of hydrogen-bond acceptors (Lipinski definition) is 5. The molecule has 0 bridgehead atoms. The topological polar surface area (TPSA) is 62.5 Å². The maximum Gasteiger partial charge on any atom is 0.417 e. The van der Waals surface area contributed by atoms with Gasteiger partial charge >= 0.3 is 12.4 Å². The number of carbonyl (C=O) groups excluding carboxylic acids is 1. The monoisotopic (exact) mass is 656 g/mol. The lowest BCUT2D eigenvalue weighted by molar-refractivity contribution is -0.137. The molecule has 2 aliphatic carbocycles. The highest BCUT2D eigenvalue weighted by atomic mass is 19.4. The molecule has 1 aliphatic heterocycles. The molecule has 0 radical (unpaired) electrons. The number of amides is 1. The van der Waals surface area contributed by atoms with Crippen LogP contribution in [0.15, 0.2) is 53.1 Å². The van der Waals surface area contributed by atoms with Crippen molar-refractivity contribution in [2.75, 3.05) is 32.1 Å².